The molecule has 1 amide bonds. The highest BCUT2D eigenvalue weighted by Crippen LogP contribution is 2.31. The zero-order valence-electron chi connectivity index (χ0n) is 8.87. The predicted octanol–water partition coefficient (Wildman–Crippen LogP) is 2.72. The summed E-state index contributed by atoms with van der Waals surface area (Å²) >= 11 is 5.92. The second-order valence-electron chi connectivity index (χ2n) is 4.34. The van der Waals surface area contributed by atoms with E-state index in [2.05, 4.69) is 5.32 Å². The van der Waals surface area contributed by atoms with Crippen LogP contribution in [-0.2, 0) is 0 Å². The van der Waals surface area contributed by atoms with Crippen LogP contribution in [0.25, 0.3) is 0 Å². The summed E-state index contributed by atoms with van der Waals surface area (Å²) in [5, 5.41) is 4.02. The molecule has 2 aliphatic heterocycles. The summed E-state index contributed by atoms with van der Waals surface area (Å²) in [5.41, 5.74) is 1.61. The Hall–Kier alpha value is -1.22. The Bertz CT molecular complexity index is 447. The van der Waals surface area contributed by atoms with Gasteiger partial charge < -0.3 is 10.2 Å². The highest BCUT2D eigenvalue weighted by atomic mass is 35.5. The van der Waals surface area contributed by atoms with Crippen LogP contribution >= 0.6 is 11.6 Å². The molecule has 4 heteroatoms. The topological polar surface area (TPSA) is 32.3 Å². The first-order valence-corrected chi connectivity index (χ1v) is 6.00. The molecule has 84 valence electrons. The van der Waals surface area contributed by atoms with Crippen molar-refractivity contribution in [2.45, 2.75) is 25.4 Å². The van der Waals surface area contributed by atoms with E-state index in [4.69, 9.17) is 11.6 Å². The molecule has 1 saturated heterocycles. The summed E-state index contributed by atoms with van der Waals surface area (Å²) in [4.78, 5) is 14.1. The fraction of sp³-hybridized carbons (Fsp3) is 0.417. The molecule has 0 aliphatic carbocycles. The fourth-order valence-electron chi connectivity index (χ4n) is 2.48. The minimum atomic E-state index is 0.112. The standard InChI is InChI=1S/C12H13ClN2O/c13-8-4-5-10-9(7-8)12(16)15-6-2-1-3-11(15)14-10/h4-5,7,11,14H,1-3,6H2. The lowest BCUT2D eigenvalue weighted by atomic mass is 10.0. The molecule has 1 aromatic rings. The number of hydrogen-bond acceptors (Lipinski definition) is 2. The molecule has 3 nitrogen and oxygen atoms in total. The molecule has 0 bridgehead atoms. The minimum absolute atomic E-state index is 0.112. The quantitative estimate of drug-likeness (QED) is 0.751. The van der Waals surface area contributed by atoms with Crippen molar-refractivity contribution in [3.05, 3.63) is 28.8 Å². The number of piperidine rings is 1. The van der Waals surface area contributed by atoms with Crippen LogP contribution in [0.5, 0.6) is 0 Å². The maximum absolute atomic E-state index is 12.2. The average molecular weight is 237 g/mol. The number of anilines is 1. The van der Waals surface area contributed by atoms with Crippen molar-refractivity contribution in [2.75, 3.05) is 11.9 Å². The van der Waals surface area contributed by atoms with Gasteiger partial charge in [0.15, 0.2) is 0 Å². The van der Waals surface area contributed by atoms with Crippen molar-refractivity contribution >= 4 is 23.2 Å². The summed E-state index contributed by atoms with van der Waals surface area (Å²) in [7, 11) is 0. The molecule has 1 fully saturated rings. The molecule has 2 aliphatic rings. The Morgan fingerprint density at radius 3 is 3.12 bits per heavy atom. The van der Waals surface area contributed by atoms with Crippen LogP contribution < -0.4 is 5.32 Å². The summed E-state index contributed by atoms with van der Waals surface area (Å²) in [5.74, 6) is 0.112. The monoisotopic (exact) mass is 236 g/mol. The largest absolute Gasteiger partial charge is 0.364 e. The highest BCUT2D eigenvalue weighted by molar-refractivity contribution is 6.31. The molecule has 1 N–H and O–H groups in total. The van der Waals surface area contributed by atoms with Gasteiger partial charge in [0.2, 0.25) is 0 Å². The van der Waals surface area contributed by atoms with Gasteiger partial charge in [0.25, 0.3) is 5.91 Å². The lowest BCUT2D eigenvalue weighted by Crippen LogP contribution is -2.51. The Labute approximate surface area is 99.4 Å². The number of nitrogens with one attached hydrogen (secondary N) is 1. The van der Waals surface area contributed by atoms with Crippen LogP contribution in [0.1, 0.15) is 29.6 Å². The summed E-state index contributed by atoms with van der Waals surface area (Å²) in [6.45, 7) is 0.850. The number of carbonyl (C=O) groups excluding carboxylic acids is 1. The number of fused-ring (bicyclic) bond motifs is 2. The maximum atomic E-state index is 12.2. The average Bonchev–Trinajstić information content (AvgIpc) is 2.31. The van der Waals surface area contributed by atoms with E-state index in [9.17, 15) is 4.79 Å². The van der Waals surface area contributed by atoms with Crippen LogP contribution in [-0.4, -0.2) is 23.5 Å². The molecule has 0 aromatic heterocycles. The third-order valence-electron chi connectivity index (χ3n) is 3.30. The van der Waals surface area contributed by atoms with E-state index in [-0.39, 0.29) is 12.1 Å². The SMILES string of the molecule is O=C1c2cc(Cl)ccc2NC2CCCCN12. The van der Waals surface area contributed by atoms with E-state index in [0.717, 1.165) is 25.1 Å². The zero-order chi connectivity index (χ0) is 11.1. The van der Waals surface area contributed by atoms with Crippen molar-refractivity contribution < 1.29 is 4.79 Å². The zero-order valence-corrected chi connectivity index (χ0v) is 9.63. The first-order valence-electron chi connectivity index (χ1n) is 5.63. The van der Waals surface area contributed by atoms with Crippen molar-refractivity contribution in [1.29, 1.82) is 0 Å². The predicted molar refractivity (Wildman–Crippen MR) is 63.8 cm³/mol. The first-order chi connectivity index (χ1) is 7.75. The van der Waals surface area contributed by atoms with Gasteiger partial charge in [0.05, 0.1) is 5.56 Å². The number of hydrogen-bond donors (Lipinski definition) is 1. The van der Waals surface area contributed by atoms with E-state index in [1.54, 1.807) is 6.07 Å². The van der Waals surface area contributed by atoms with E-state index in [1.807, 2.05) is 17.0 Å². The number of nitrogens with zero attached hydrogens (tertiary/aromatic N) is 1. The smallest absolute Gasteiger partial charge is 0.257 e. The van der Waals surface area contributed by atoms with Gasteiger partial charge in [-0.15, -0.1) is 0 Å². The summed E-state index contributed by atoms with van der Waals surface area (Å²) in [6.07, 6.45) is 3.49. The van der Waals surface area contributed by atoms with Crippen molar-refractivity contribution in [2.24, 2.45) is 0 Å². The molecule has 0 radical (unpaired) electrons. The molecule has 0 saturated carbocycles. The summed E-state index contributed by atoms with van der Waals surface area (Å²) in [6, 6.07) is 5.46. The second-order valence-corrected chi connectivity index (χ2v) is 4.78. The third-order valence-corrected chi connectivity index (χ3v) is 3.53. The molecular weight excluding hydrogens is 224 g/mol. The molecule has 16 heavy (non-hydrogen) atoms. The van der Waals surface area contributed by atoms with E-state index < -0.39 is 0 Å². The Morgan fingerprint density at radius 2 is 2.25 bits per heavy atom. The van der Waals surface area contributed by atoms with E-state index in [0.29, 0.717) is 10.6 Å². The third kappa shape index (κ3) is 1.47. The highest BCUT2D eigenvalue weighted by Gasteiger charge is 2.33. The Morgan fingerprint density at radius 1 is 1.38 bits per heavy atom. The normalized spacial score (nSPS) is 23.4. The Kier molecular flexibility index (Phi) is 2.28. The second kappa shape index (κ2) is 3.67. The van der Waals surface area contributed by atoms with Gasteiger partial charge in [-0.05, 0) is 37.5 Å². The van der Waals surface area contributed by atoms with Crippen LogP contribution in [0, 0.1) is 0 Å². The van der Waals surface area contributed by atoms with Gasteiger partial charge in [-0.2, -0.15) is 0 Å². The van der Waals surface area contributed by atoms with Crippen LogP contribution in [0.3, 0.4) is 0 Å². The first kappa shape index (κ1) is 9.97. The van der Waals surface area contributed by atoms with Gasteiger partial charge in [-0.3, -0.25) is 4.79 Å². The lowest BCUT2D eigenvalue weighted by molar-refractivity contribution is 0.0628. The number of amides is 1. The molecular formula is C12H13ClN2O. The van der Waals surface area contributed by atoms with Gasteiger partial charge >= 0.3 is 0 Å². The van der Waals surface area contributed by atoms with Gasteiger partial charge in [-0.25, -0.2) is 0 Å². The lowest BCUT2D eigenvalue weighted by Gasteiger charge is -2.40. The molecule has 0 spiro atoms. The van der Waals surface area contributed by atoms with E-state index >= 15 is 0 Å². The molecule has 2 heterocycles. The fourth-order valence-corrected chi connectivity index (χ4v) is 2.65. The van der Waals surface area contributed by atoms with Crippen LogP contribution in [0.2, 0.25) is 5.02 Å². The van der Waals surface area contributed by atoms with Crippen LogP contribution in [0.4, 0.5) is 5.69 Å². The summed E-state index contributed by atoms with van der Waals surface area (Å²) < 4.78 is 0. The van der Waals surface area contributed by atoms with Gasteiger partial charge in [0.1, 0.15) is 6.17 Å². The maximum Gasteiger partial charge on any atom is 0.257 e. The number of benzene rings is 1. The molecule has 1 atom stereocenters. The van der Waals surface area contributed by atoms with Crippen molar-refractivity contribution in [1.82, 2.24) is 4.90 Å². The molecule has 1 unspecified atom stereocenters. The molecule has 3 rings (SSSR count). The van der Waals surface area contributed by atoms with Crippen LogP contribution in [0.15, 0.2) is 18.2 Å². The van der Waals surface area contributed by atoms with Gasteiger partial charge in [0, 0.05) is 17.3 Å². The number of carbonyl (C=O) groups is 1. The minimum Gasteiger partial charge on any atom is -0.364 e. The Balaban J connectivity index is 2.03. The van der Waals surface area contributed by atoms with Crippen molar-refractivity contribution in [3.63, 3.8) is 0 Å². The van der Waals surface area contributed by atoms with Gasteiger partial charge in [-0.1, -0.05) is 11.6 Å². The number of halogens is 1. The number of rotatable bonds is 0. The molecule has 1 aromatic carbocycles. The van der Waals surface area contributed by atoms with E-state index in [1.165, 1.54) is 6.42 Å². The van der Waals surface area contributed by atoms with Crippen molar-refractivity contribution in [3.8, 4) is 0 Å².